The van der Waals surface area contributed by atoms with E-state index in [1.54, 1.807) is 6.07 Å². The number of hydrogen-bond acceptors (Lipinski definition) is 5. The highest BCUT2D eigenvalue weighted by Gasteiger charge is 2.38. The predicted octanol–water partition coefficient (Wildman–Crippen LogP) is 4.10. The van der Waals surface area contributed by atoms with Crippen molar-refractivity contribution in [1.29, 1.82) is 0 Å². The van der Waals surface area contributed by atoms with Gasteiger partial charge < -0.3 is 25.4 Å². The maximum Gasteiger partial charge on any atom is 0.405 e. The molecule has 0 radical (unpaired) electrons. The van der Waals surface area contributed by atoms with Crippen molar-refractivity contribution in [1.82, 2.24) is 10.3 Å². The molecule has 0 saturated carbocycles. The number of carbonyl (C=O) groups excluding carboxylic acids is 1. The van der Waals surface area contributed by atoms with Gasteiger partial charge in [-0.2, -0.15) is 0 Å². The van der Waals surface area contributed by atoms with E-state index in [2.05, 4.69) is 15.6 Å². The monoisotopic (exact) mass is 482 g/mol. The molecule has 0 aliphatic carbocycles. The normalized spacial score (nSPS) is 17.3. The number of ether oxygens (including phenoxy) is 1. The Morgan fingerprint density at radius 2 is 2.06 bits per heavy atom. The van der Waals surface area contributed by atoms with Crippen LogP contribution in [0.2, 0.25) is 10.0 Å². The molecule has 2 amide bonds. The zero-order valence-corrected chi connectivity index (χ0v) is 18.5. The summed E-state index contributed by atoms with van der Waals surface area (Å²) in [6, 6.07) is 4.35. The average molecular weight is 483 g/mol. The van der Waals surface area contributed by atoms with Gasteiger partial charge in [-0.15, -0.1) is 0 Å². The lowest BCUT2D eigenvalue weighted by molar-refractivity contribution is -0.116. The van der Waals surface area contributed by atoms with Crippen molar-refractivity contribution < 1.29 is 23.8 Å². The number of carboxylic acid groups (broad SMARTS) is 1. The van der Waals surface area contributed by atoms with Gasteiger partial charge in [0.2, 0.25) is 5.91 Å². The molecule has 4 rings (SSSR count). The highest BCUT2D eigenvalue weighted by Crippen LogP contribution is 2.35. The Hall–Kier alpha value is -2.78. The van der Waals surface area contributed by atoms with Gasteiger partial charge in [0.25, 0.3) is 0 Å². The molecular formula is C21H21Cl2FN4O4. The maximum absolute atomic E-state index is 14.1. The number of amides is 2. The Balaban J connectivity index is 1.50. The predicted molar refractivity (Wildman–Crippen MR) is 118 cm³/mol. The molecule has 0 bridgehead atoms. The lowest BCUT2D eigenvalue weighted by Crippen LogP contribution is -2.58. The van der Waals surface area contributed by atoms with E-state index < -0.39 is 17.4 Å². The first-order valence-electron chi connectivity index (χ1n) is 10.1. The Kier molecular flexibility index (Phi) is 6.30. The molecule has 32 heavy (non-hydrogen) atoms. The summed E-state index contributed by atoms with van der Waals surface area (Å²) < 4.78 is 20.1. The standard InChI is InChI=1S/C21H21Cl2FN4O4/c22-12-9-14(23)19(25-10-12)28-7-5-21(6-8-28,27-20(30)31)11-32-16-3-2-15(24)18-13(16)1-4-17(29)26-18/h2-3,9-10,27H,1,4-8,11H2,(H,26,29)(H,30,31). The van der Waals surface area contributed by atoms with Crippen LogP contribution < -0.4 is 20.3 Å². The number of anilines is 2. The van der Waals surface area contributed by atoms with Crippen LogP contribution in [0.15, 0.2) is 24.4 Å². The molecule has 3 heterocycles. The SMILES string of the molecule is O=C(O)NC1(COc2ccc(F)c3c2CCC(=O)N3)CCN(c2ncc(Cl)cc2Cl)CC1. The topological polar surface area (TPSA) is 104 Å². The summed E-state index contributed by atoms with van der Waals surface area (Å²) in [5.41, 5.74) is -0.151. The van der Waals surface area contributed by atoms with Crippen molar-refractivity contribution in [3.8, 4) is 5.75 Å². The van der Waals surface area contributed by atoms with Crippen LogP contribution >= 0.6 is 23.2 Å². The largest absolute Gasteiger partial charge is 0.491 e. The number of nitrogens with one attached hydrogen (secondary N) is 2. The van der Waals surface area contributed by atoms with Crippen molar-refractivity contribution in [3.63, 3.8) is 0 Å². The van der Waals surface area contributed by atoms with Gasteiger partial charge in [-0.05, 0) is 37.5 Å². The second kappa shape index (κ2) is 8.99. The molecule has 2 aromatic rings. The third-order valence-electron chi connectivity index (χ3n) is 5.77. The van der Waals surface area contributed by atoms with Crippen molar-refractivity contribution in [2.45, 2.75) is 31.2 Å². The van der Waals surface area contributed by atoms with Crippen LogP contribution in [0.3, 0.4) is 0 Å². The van der Waals surface area contributed by atoms with Crippen molar-refractivity contribution in [2.24, 2.45) is 0 Å². The van der Waals surface area contributed by atoms with Crippen LogP contribution in [0.5, 0.6) is 5.75 Å². The Morgan fingerprint density at radius 1 is 1.31 bits per heavy atom. The number of benzene rings is 1. The number of hydrogen-bond donors (Lipinski definition) is 3. The van der Waals surface area contributed by atoms with Gasteiger partial charge in [0.05, 0.1) is 21.3 Å². The molecule has 1 fully saturated rings. The lowest BCUT2D eigenvalue weighted by Gasteiger charge is -2.42. The summed E-state index contributed by atoms with van der Waals surface area (Å²) in [5.74, 6) is 0.237. The van der Waals surface area contributed by atoms with Crippen LogP contribution in [0, 0.1) is 5.82 Å². The molecule has 8 nitrogen and oxygen atoms in total. The van der Waals surface area contributed by atoms with E-state index in [0.29, 0.717) is 59.5 Å². The number of aromatic nitrogens is 1. The number of halogens is 3. The van der Waals surface area contributed by atoms with E-state index in [1.807, 2.05) is 4.90 Å². The number of rotatable bonds is 5. The van der Waals surface area contributed by atoms with E-state index in [4.69, 9.17) is 27.9 Å². The third-order valence-corrected chi connectivity index (χ3v) is 6.25. The van der Waals surface area contributed by atoms with E-state index in [-0.39, 0.29) is 24.6 Å². The molecule has 0 spiro atoms. The van der Waals surface area contributed by atoms with E-state index in [0.717, 1.165) is 0 Å². The van der Waals surface area contributed by atoms with E-state index in [9.17, 15) is 19.1 Å². The van der Waals surface area contributed by atoms with Crippen LogP contribution in [0.4, 0.5) is 20.7 Å². The summed E-state index contributed by atoms with van der Waals surface area (Å²) >= 11 is 12.2. The van der Waals surface area contributed by atoms with Gasteiger partial charge in [0, 0.05) is 31.3 Å². The minimum Gasteiger partial charge on any atom is -0.491 e. The van der Waals surface area contributed by atoms with Crippen LogP contribution in [0.25, 0.3) is 0 Å². The molecule has 11 heteroatoms. The molecule has 0 unspecified atom stereocenters. The van der Waals surface area contributed by atoms with Gasteiger partial charge in [0.15, 0.2) is 0 Å². The Labute approximate surface area is 193 Å². The fourth-order valence-electron chi connectivity index (χ4n) is 4.09. The summed E-state index contributed by atoms with van der Waals surface area (Å²) in [6.45, 7) is 1.05. The summed E-state index contributed by atoms with van der Waals surface area (Å²) in [4.78, 5) is 29.4. The van der Waals surface area contributed by atoms with Crippen molar-refractivity contribution in [2.75, 3.05) is 29.9 Å². The van der Waals surface area contributed by atoms with Crippen molar-refractivity contribution in [3.05, 3.63) is 45.8 Å². The van der Waals surface area contributed by atoms with Gasteiger partial charge in [-0.1, -0.05) is 23.2 Å². The molecule has 2 aliphatic rings. The maximum atomic E-state index is 14.1. The summed E-state index contributed by atoms with van der Waals surface area (Å²) in [7, 11) is 0. The fraction of sp³-hybridized carbons (Fsp3) is 0.381. The lowest BCUT2D eigenvalue weighted by atomic mass is 9.88. The summed E-state index contributed by atoms with van der Waals surface area (Å²) in [5, 5.41) is 15.4. The minimum absolute atomic E-state index is 0.0565. The number of pyridine rings is 1. The molecule has 3 N–H and O–H groups in total. The number of piperidine rings is 1. The highest BCUT2D eigenvalue weighted by molar-refractivity contribution is 6.36. The quantitative estimate of drug-likeness (QED) is 0.592. The Morgan fingerprint density at radius 3 is 2.75 bits per heavy atom. The molecule has 170 valence electrons. The zero-order valence-electron chi connectivity index (χ0n) is 17.0. The molecule has 2 aliphatic heterocycles. The second-order valence-corrected chi connectivity index (χ2v) is 8.74. The second-order valence-electron chi connectivity index (χ2n) is 7.89. The first-order chi connectivity index (χ1) is 15.3. The van der Waals surface area contributed by atoms with Crippen LogP contribution in [0.1, 0.15) is 24.8 Å². The molecule has 1 aromatic heterocycles. The molecule has 1 aromatic carbocycles. The van der Waals surface area contributed by atoms with E-state index >= 15 is 0 Å². The smallest absolute Gasteiger partial charge is 0.405 e. The summed E-state index contributed by atoms with van der Waals surface area (Å²) in [6.07, 6.45) is 1.83. The van der Waals surface area contributed by atoms with Gasteiger partial charge in [-0.25, -0.2) is 14.2 Å². The molecule has 0 atom stereocenters. The molecule has 1 saturated heterocycles. The number of fused-ring (bicyclic) bond motifs is 1. The minimum atomic E-state index is -1.15. The fourth-order valence-corrected chi connectivity index (χ4v) is 4.59. The first kappa shape index (κ1) is 22.4. The zero-order chi connectivity index (χ0) is 22.9. The average Bonchev–Trinajstić information content (AvgIpc) is 2.74. The molecular weight excluding hydrogens is 462 g/mol. The van der Waals surface area contributed by atoms with Crippen LogP contribution in [-0.4, -0.2) is 47.3 Å². The van der Waals surface area contributed by atoms with Crippen molar-refractivity contribution >= 4 is 46.7 Å². The van der Waals surface area contributed by atoms with Gasteiger partial charge >= 0.3 is 6.09 Å². The Bertz CT molecular complexity index is 1060. The number of carbonyl (C=O) groups is 2. The number of nitrogens with zero attached hydrogens (tertiary/aromatic N) is 2. The van der Waals surface area contributed by atoms with E-state index in [1.165, 1.54) is 18.3 Å². The first-order valence-corrected chi connectivity index (χ1v) is 10.8. The van der Waals surface area contributed by atoms with Gasteiger partial charge in [0.1, 0.15) is 24.0 Å². The van der Waals surface area contributed by atoms with Crippen LogP contribution in [-0.2, 0) is 11.2 Å². The van der Waals surface area contributed by atoms with Gasteiger partial charge in [-0.3, -0.25) is 4.79 Å². The highest BCUT2D eigenvalue weighted by atomic mass is 35.5. The third kappa shape index (κ3) is 4.68.